The average molecular weight is 419 g/mol. The van der Waals surface area contributed by atoms with Crippen molar-refractivity contribution in [2.45, 2.75) is 37.8 Å². The van der Waals surface area contributed by atoms with Crippen molar-refractivity contribution in [3.63, 3.8) is 0 Å². The molecular weight excluding hydrogens is 394 g/mol. The molecule has 1 aromatic heterocycles. The lowest BCUT2D eigenvalue weighted by Gasteiger charge is -2.26. The van der Waals surface area contributed by atoms with Gasteiger partial charge in [-0.25, -0.2) is 9.78 Å². The van der Waals surface area contributed by atoms with Gasteiger partial charge in [0, 0.05) is 13.2 Å². The summed E-state index contributed by atoms with van der Waals surface area (Å²) in [6.45, 7) is 1.88. The van der Waals surface area contributed by atoms with E-state index in [1.165, 1.54) is 30.5 Å². The first-order valence-corrected chi connectivity index (χ1v) is 10.3. The van der Waals surface area contributed by atoms with E-state index in [9.17, 15) is 9.59 Å². The number of amides is 1. The third-order valence-corrected chi connectivity index (χ3v) is 5.43. The van der Waals surface area contributed by atoms with E-state index in [2.05, 4.69) is 22.4 Å². The van der Waals surface area contributed by atoms with Gasteiger partial charge >= 0.3 is 5.97 Å². The molecule has 1 aliphatic rings. The molecule has 1 fully saturated rings. The van der Waals surface area contributed by atoms with Gasteiger partial charge < -0.3 is 19.7 Å². The lowest BCUT2D eigenvalue weighted by Crippen LogP contribution is -2.39. The van der Waals surface area contributed by atoms with Crippen LogP contribution < -0.4 is 10.1 Å². The molecule has 1 heterocycles. The zero-order chi connectivity index (χ0) is 22.0. The van der Waals surface area contributed by atoms with E-state index in [1.807, 2.05) is 19.1 Å². The van der Waals surface area contributed by atoms with Gasteiger partial charge in [-0.05, 0) is 61.1 Å². The van der Waals surface area contributed by atoms with Crippen LogP contribution in [0.4, 0.5) is 0 Å². The van der Waals surface area contributed by atoms with E-state index in [0.717, 1.165) is 5.56 Å². The van der Waals surface area contributed by atoms with Crippen LogP contribution in [0.5, 0.6) is 5.75 Å². The normalized spacial score (nSPS) is 15.2. The Morgan fingerprint density at radius 2 is 1.81 bits per heavy atom. The minimum absolute atomic E-state index is 0.189. The Balaban J connectivity index is 1.56. The maximum absolute atomic E-state index is 12.6. The molecule has 4 rings (SSSR count). The first-order chi connectivity index (χ1) is 14.9. The van der Waals surface area contributed by atoms with E-state index in [-0.39, 0.29) is 17.5 Å². The van der Waals surface area contributed by atoms with Gasteiger partial charge in [0.15, 0.2) is 0 Å². The quantitative estimate of drug-likeness (QED) is 0.577. The number of benzene rings is 2. The highest BCUT2D eigenvalue weighted by atomic mass is 16.5. The first kappa shape index (κ1) is 20.7. The van der Waals surface area contributed by atoms with Gasteiger partial charge in [-0.15, -0.1) is 0 Å². The lowest BCUT2D eigenvalue weighted by molar-refractivity contribution is 0.0696. The number of nitrogens with zero attached hydrogens (tertiary/aromatic N) is 2. The number of ether oxygens (including phenoxy) is 1. The Morgan fingerprint density at radius 1 is 1.13 bits per heavy atom. The average Bonchev–Trinajstić information content (AvgIpc) is 3.52. The molecule has 2 atom stereocenters. The van der Waals surface area contributed by atoms with Crippen molar-refractivity contribution in [3.8, 4) is 5.75 Å². The molecule has 1 aliphatic carbocycles. The summed E-state index contributed by atoms with van der Waals surface area (Å²) in [7, 11) is 1.81. The fourth-order valence-electron chi connectivity index (χ4n) is 3.54. The third kappa shape index (κ3) is 4.94. The minimum atomic E-state index is -0.991. The van der Waals surface area contributed by atoms with Crippen molar-refractivity contribution in [1.29, 1.82) is 0 Å². The summed E-state index contributed by atoms with van der Waals surface area (Å²) >= 11 is 0. The molecular formula is C24H25N3O4. The molecule has 2 N–H and O–H groups in total. The Bertz CT molecular complexity index is 1070. The molecule has 0 unspecified atom stereocenters. The number of hydrogen-bond donors (Lipinski definition) is 2. The number of imidazole rings is 1. The predicted octanol–water partition coefficient (Wildman–Crippen LogP) is 3.93. The minimum Gasteiger partial charge on any atom is -0.484 e. The summed E-state index contributed by atoms with van der Waals surface area (Å²) in [5.41, 5.74) is 2.77. The van der Waals surface area contributed by atoms with Crippen molar-refractivity contribution in [1.82, 2.24) is 14.9 Å². The molecule has 7 nitrogen and oxygen atoms in total. The molecule has 2 aromatic carbocycles. The molecule has 1 saturated carbocycles. The fraction of sp³-hybridized carbons (Fsp3) is 0.292. The van der Waals surface area contributed by atoms with Gasteiger partial charge in [-0.1, -0.05) is 24.3 Å². The van der Waals surface area contributed by atoms with Crippen LogP contribution in [0, 0.1) is 0 Å². The number of rotatable bonds is 8. The molecule has 3 aromatic rings. The molecule has 0 bridgehead atoms. The second-order valence-electron chi connectivity index (χ2n) is 8.00. The van der Waals surface area contributed by atoms with Crippen molar-refractivity contribution in [2.75, 3.05) is 0 Å². The summed E-state index contributed by atoms with van der Waals surface area (Å²) < 4.78 is 7.94. The maximum Gasteiger partial charge on any atom is 0.335 e. The second kappa shape index (κ2) is 8.63. The molecule has 0 radical (unpaired) electrons. The summed E-state index contributed by atoms with van der Waals surface area (Å²) in [6.07, 6.45) is 5.23. The number of nitrogens with one attached hydrogen (secondary N) is 1. The summed E-state index contributed by atoms with van der Waals surface area (Å²) in [5.74, 6) is -0.0919. The number of hydrogen-bond acceptors (Lipinski definition) is 4. The highest BCUT2D eigenvalue weighted by Gasteiger charge is 2.27. The Hall–Kier alpha value is -3.61. The second-order valence-corrected chi connectivity index (χ2v) is 8.00. The molecule has 0 saturated heterocycles. The first-order valence-electron chi connectivity index (χ1n) is 10.3. The van der Waals surface area contributed by atoms with E-state index in [1.54, 1.807) is 36.3 Å². The van der Waals surface area contributed by atoms with Gasteiger partial charge in [0.05, 0.1) is 17.9 Å². The maximum atomic E-state index is 12.6. The molecule has 0 aliphatic heterocycles. The largest absolute Gasteiger partial charge is 0.484 e. The molecule has 160 valence electrons. The van der Waals surface area contributed by atoms with E-state index >= 15 is 0 Å². The van der Waals surface area contributed by atoms with Crippen LogP contribution in [-0.2, 0) is 7.05 Å². The van der Waals surface area contributed by atoms with Gasteiger partial charge in [0.25, 0.3) is 5.91 Å². The van der Waals surface area contributed by atoms with E-state index < -0.39 is 12.1 Å². The number of aromatic nitrogens is 2. The Morgan fingerprint density at radius 3 is 2.35 bits per heavy atom. The summed E-state index contributed by atoms with van der Waals surface area (Å²) in [6, 6.07) is 14.2. The Labute approximate surface area is 180 Å². The third-order valence-electron chi connectivity index (χ3n) is 5.43. The topological polar surface area (TPSA) is 93.5 Å². The van der Waals surface area contributed by atoms with E-state index in [0.29, 0.717) is 17.4 Å². The Kier molecular flexibility index (Phi) is 5.75. The predicted molar refractivity (Wildman–Crippen MR) is 115 cm³/mol. The molecule has 31 heavy (non-hydrogen) atoms. The van der Waals surface area contributed by atoms with Gasteiger partial charge in [-0.2, -0.15) is 0 Å². The summed E-state index contributed by atoms with van der Waals surface area (Å²) in [4.78, 5) is 27.8. The SMILES string of the molecule is C[C@H](NC(=O)c1cn(C)cn1)[C@H](Oc1ccc(C(=O)O)cc1)c1ccc(C2CC2)cc1. The van der Waals surface area contributed by atoms with Crippen molar-refractivity contribution < 1.29 is 19.4 Å². The van der Waals surface area contributed by atoms with Crippen LogP contribution in [0.3, 0.4) is 0 Å². The highest BCUT2D eigenvalue weighted by Crippen LogP contribution is 2.40. The van der Waals surface area contributed by atoms with Crippen molar-refractivity contribution in [2.24, 2.45) is 7.05 Å². The number of carbonyl (C=O) groups excluding carboxylic acids is 1. The van der Waals surface area contributed by atoms with Gasteiger partial charge in [0.2, 0.25) is 0 Å². The van der Waals surface area contributed by atoms with Gasteiger partial charge in [0.1, 0.15) is 17.5 Å². The molecule has 7 heteroatoms. The number of carboxylic acids is 1. The van der Waals surface area contributed by atoms with Crippen molar-refractivity contribution >= 4 is 11.9 Å². The molecule has 0 spiro atoms. The van der Waals surface area contributed by atoms with Crippen LogP contribution in [0.25, 0.3) is 0 Å². The van der Waals surface area contributed by atoms with Gasteiger partial charge in [-0.3, -0.25) is 4.79 Å². The van der Waals surface area contributed by atoms with Crippen LogP contribution in [0.1, 0.15) is 63.8 Å². The number of aromatic carboxylic acids is 1. The van der Waals surface area contributed by atoms with E-state index in [4.69, 9.17) is 9.84 Å². The number of carbonyl (C=O) groups is 2. The number of aryl methyl sites for hydroxylation is 1. The van der Waals surface area contributed by atoms with Crippen LogP contribution in [-0.4, -0.2) is 32.6 Å². The van der Waals surface area contributed by atoms with Crippen LogP contribution in [0.15, 0.2) is 61.1 Å². The number of carboxylic acid groups (broad SMARTS) is 1. The van der Waals surface area contributed by atoms with Crippen LogP contribution >= 0.6 is 0 Å². The lowest BCUT2D eigenvalue weighted by atomic mass is 10.00. The van der Waals surface area contributed by atoms with Crippen molar-refractivity contribution in [3.05, 3.63) is 83.4 Å². The molecule has 1 amide bonds. The standard InChI is InChI=1S/C24H25N3O4/c1-15(26-23(28)21-13-27(2)14-25-21)22(18-7-5-17(6-8-18)16-3-4-16)31-20-11-9-19(10-12-20)24(29)30/h5-16,22H,3-4H2,1-2H3,(H,26,28)(H,29,30)/t15-,22-/m0/s1. The highest BCUT2D eigenvalue weighted by molar-refractivity contribution is 5.92. The smallest absolute Gasteiger partial charge is 0.335 e. The summed E-state index contributed by atoms with van der Waals surface area (Å²) in [5, 5.41) is 12.1. The fourth-order valence-corrected chi connectivity index (χ4v) is 3.54. The van der Waals surface area contributed by atoms with Crippen LogP contribution in [0.2, 0.25) is 0 Å². The zero-order valence-corrected chi connectivity index (χ0v) is 17.5. The monoisotopic (exact) mass is 419 g/mol. The zero-order valence-electron chi connectivity index (χ0n) is 17.5.